The minimum atomic E-state index is 0.0696. The molecule has 0 aliphatic rings. The van der Waals surface area contributed by atoms with Crippen LogP contribution in [0.3, 0.4) is 0 Å². The molecule has 0 aliphatic carbocycles. The Morgan fingerprint density at radius 2 is 2.29 bits per heavy atom. The van der Waals surface area contributed by atoms with Crippen molar-refractivity contribution in [3.8, 4) is 0 Å². The van der Waals surface area contributed by atoms with Gasteiger partial charge in [0.15, 0.2) is 0 Å². The van der Waals surface area contributed by atoms with Gasteiger partial charge in [-0.15, -0.1) is 0 Å². The largest absolute Gasteiger partial charge is 0.345 e. The van der Waals surface area contributed by atoms with E-state index in [9.17, 15) is 0 Å². The Balaban J connectivity index is 2.24. The normalized spacial score (nSPS) is 15.0. The first-order valence-corrected chi connectivity index (χ1v) is 6.09. The first-order chi connectivity index (χ1) is 8.26. The van der Waals surface area contributed by atoms with Crippen molar-refractivity contribution in [2.24, 2.45) is 11.7 Å². The molecule has 0 amide bonds. The van der Waals surface area contributed by atoms with E-state index in [-0.39, 0.29) is 6.04 Å². The van der Waals surface area contributed by atoms with E-state index in [4.69, 9.17) is 5.73 Å². The molecule has 92 valence electrons. The average Bonchev–Trinajstić information content (AvgIpc) is 2.82. The summed E-state index contributed by atoms with van der Waals surface area (Å²) in [5.41, 5.74) is 9.53. The van der Waals surface area contributed by atoms with Gasteiger partial charge in [-0.1, -0.05) is 19.4 Å². The van der Waals surface area contributed by atoms with Gasteiger partial charge in [0.05, 0.1) is 17.4 Å². The molecular formula is C13H20N4. The lowest BCUT2D eigenvalue weighted by Gasteiger charge is -2.22. The zero-order valence-corrected chi connectivity index (χ0v) is 10.4. The molecule has 0 aliphatic heterocycles. The summed E-state index contributed by atoms with van der Waals surface area (Å²) in [6.07, 6.45) is 2.79. The highest BCUT2D eigenvalue weighted by Crippen LogP contribution is 2.24. The fourth-order valence-electron chi connectivity index (χ4n) is 2.22. The second kappa shape index (κ2) is 5.29. The van der Waals surface area contributed by atoms with Crippen LogP contribution >= 0.6 is 0 Å². The lowest BCUT2D eigenvalue weighted by Crippen LogP contribution is -2.29. The van der Waals surface area contributed by atoms with Gasteiger partial charge in [-0.25, -0.2) is 4.98 Å². The molecule has 4 heteroatoms. The molecule has 4 N–H and O–H groups in total. The summed E-state index contributed by atoms with van der Waals surface area (Å²) in [6, 6.07) is 6.27. The van der Waals surface area contributed by atoms with Gasteiger partial charge in [0.2, 0.25) is 0 Å². The van der Waals surface area contributed by atoms with Gasteiger partial charge in [0.25, 0.3) is 0 Å². The van der Waals surface area contributed by atoms with Crippen molar-refractivity contribution in [3.05, 3.63) is 30.1 Å². The summed E-state index contributed by atoms with van der Waals surface area (Å²) in [7, 11) is 1.97. The second-order valence-electron chi connectivity index (χ2n) is 4.43. The highest BCUT2D eigenvalue weighted by Gasteiger charge is 2.17. The van der Waals surface area contributed by atoms with E-state index in [1.807, 2.05) is 13.1 Å². The molecule has 2 rings (SSSR count). The monoisotopic (exact) mass is 232 g/mol. The quantitative estimate of drug-likeness (QED) is 0.736. The standard InChI is InChI=1S/C13H20N4/c1-3-9(7-15-2)13(14)10-4-5-11-12(6-10)17-8-16-11/h4-6,8-9,13,15H,3,7,14H2,1-2H3,(H,16,17). The third-order valence-electron chi connectivity index (χ3n) is 3.33. The Labute approximate surface area is 102 Å². The molecule has 0 radical (unpaired) electrons. The van der Waals surface area contributed by atoms with Crippen LogP contribution in [0.5, 0.6) is 0 Å². The molecule has 1 aromatic heterocycles. The maximum Gasteiger partial charge on any atom is 0.0931 e. The first kappa shape index (κ1) is 12.1. The SMILES string of the molecule is CCC(CNC)C(N)c1ccc2nc[nH]c2c1. The maximum atomic E-state index is 6.32. The second-order valence-corrected chi connectivity index (χ2v) is 4.43. The number of H-pyrrole nitrogens is 1. The highest BCUT2D eigenvalue weighted by atomic mass is 14.9. The van der Waals surface area contributed by atoms with Crippen molar-refractivity contribution in [3.63, 3.8) is 0 Å². The van der Waals surface area contributed by atoms with Gasteiger partial charge in [-0.3, -0.25) is 0 Å². The molecule has 0 fully saturated rings. The molecule has 0 saturated carbocycles. The molecule has 4 nitrogen and oxygen atoms in total. The summed E-state index contributed by atoms with van der Waals surface area (Å²) in [6.45, 7) is 3.12. The Hall–Kier alpha value is -1.39. The molecule has 0 saturated heterocycles. The van der Waals surface area contributed by atoms with E-state index in [0.29, 0.717) is 5.92 Å². The third-order valence-corrected chi connectivity index (χ3v) is 3.33. The summed E-state index contributed by atoms with van der Waals surface area (Å²) >= 11 is 0. The molecule has 2 aromatic rings. The molecule has 2 atom stereocenters. The summed E-state index contributed by atoms with van der Waals surface area (Å²) in [4.78, 5) is 7.33. The fourth-order valence-corrected chi connectivity index (χ4v) is 2.22. The van der Waals surface area contributed by atoms with E-state index in [0.717, 1.165) is 24.0 Å². The zero-order valence-electron chi connectivity index (χ0n) is 10.4. The van der Waals surface area contributed by atoms with Crippen molar-refractivity contribution in [2.75, 3.05) is 13.6 Å². The van der Waals surface area contributed by atoms with Crippen molar-refractivity contribution < 1.29 is 0 Å². The van der Waals surface area contributed by atoms with Gasteiger partial charge >= 0.3 is 0 Å². The topological polar surface area (TPSA) is 66.7 Å². The van der Waals surface area contributed by atoms with E-state index in [1.54, 1.807) is 6.33 Å². The minimum Gasteiger partial charge on any atom is -0.345 e. The van der Waals surface area contributed by atoms with Gasteiger partial charge < -0.3 is 16.0 Å². The van der Waals surface area contributed by atoms with Crippen LogP contribution in [0.25, 0.3) is 11.0 Å². The number of rotatable bonds is 5. The lowest BCUT2D eigenvalue weighted by atomic mass is 9.91. The number of benzene rings is 1. The molecule has 1 heterocycles. The van der Waals surface area contributed by atoms with Crippen LogP contribution in [0.4, 0.5) is 0 Å². The van der Waals surface area contributed by atoms with Crippen molar-refractivity contribution in [1.82, 2.24) is 15.3 Å². The highest BCUT2D eigenvalue weighted by molar-refractivity contribution is 5.75. The minimum absolute atomic E-state index is 0.0696. The van der Waals surface area contributed by atoms with Crippen LogP contribution in [-0.2, 0) is 0 Å². The fraction of sp³-hybridized carbons (Fsp3) is 0.462. The molecule has 2 unspecified atom stereocenters. The molecule has 0 bridgehead atoms. The molecule has 1 aromatic carbocycles. The number of nitrogens with two attached hydrogens (primary N) is 1. The van der Waals surface area contributed by atoms with E-state index >= 15 is 0 Å². The number of aromatic nitrogens is 2. The average molecular weight is 232 g/mol. The van der Waals surface area contributed by atoms with Crippen LogP contribution in [0, 0.1) is 5.92 Å². The molecule has 17 heavy (non-hydrogen) atoms. The Morgan fingerprint density at radius 1 is 1.47 bits per heavy atom. The molecule has 0 spiro atoms. The number of nitrogens with zero attached hydrogens (tertiary/aromatic N) is 1. The van der Waals surface area contributed by atoms with Crippen molar-refractivity contribution >= 4 is 11.0 Å². The predicted molar refractivity (Wildman–Crippen MR) is 70.7 cm³/mol. The van der Waals surface area contributed by atoms with Gasteiger partial charge in [0, 0.05) is 6.04 Å². The van der Waals surface area contributed by atoms with Crippen molar-refractivity contribution in [1.29, 1.82) is 0 Å². The van der Waals surface area contributed by atoms with Crippen LogP contribution in [0.1, 0.15) is 24.9 Å². The summed E-state index contributed by atoms with van der Waals surface area (Å²) in [5, 5.41) is 3.20. The third kappa shape index (κ3) is 2.48. The number of hydrogen-bond donors (Lipinski definition) is 3. The first-order valence-electron chi connectivity index (χ1n) is 6.09. The van der Waals surface area contributed by atoms with Crippen LogP contribution in [0.15, 0.2) is 24.5 Å². The predicted octanol–water partition coefficient (Wildman–Crippen LogP) is 1.81. The smallest absolute Gasteiger partial charge is 0.0931 e. The Kier molecular flexibility index (Phi) is 3.76. The van der Waals surface area contributed by atoms with E-state index in [1.165, 1.54) is 5.56 Å². The Morgan fingerprint density at radius 3 is 3.00 bits per heavy atom. The number of nitrogens with one attached hydrogen (secondary N) is 2. The number of fused-ring (bicyclic) bond motifs is 1. The van der Waals surface area contributed by atoms with Crippen LogP contribution in [-0.4, -0.2) is 23.6 Å². The number of hydrogen-bond acceptors (Lipinski definition) is 3. The summed E-state index contributed by atoms with van der Waals surface area (Å²) in [5.74, 6) is 0.459. The van der Waals surface area contributed by atoms with Gasteiger partial charge in [-0.2, -0.15) is 0 Å². The van der Waals surface area contributed by atoms with E-state index < -0.39 is 0 Å². The maximum absolute atomic E-state index is 6.32. The van der Waals surface area contributed by atoms with E-state index in [2.05, 4.69) is 34.3 Å². The lowest BCUT2D eigenvalue weighted by molar-refractivity contribution is 0.403. The molecular weight excluding hydrogens is 212 g/mol. The number of aromatic amines is 1. The Bertz CT molecular complexity index is 477. The van der Waals surface area contributed by atoms with Gasteiger partial charge in [-0.05, 0) is 37.2 Å². The van der Waals surface area contributed by atoms with Crippen molar-refractivity contribution in [2.45, 2.75) is 19.4 Å². The summed E-state index contributed by atoms with van der Waals surface area (Å²) < 4.78 is 0. The van der Waals surface area contributed by atoms with Crippen LogP contribution in [0.2, 0.25) is 0 Å². The number of imidazole rings is 1. The van der Waals surface area contributed by atoms with Gasteiger partial charge in [0.1, 0.15) is 0 Å². The zero-order chi connectivity index (χ0) is 12.3. The van der Waals surface area contributed by atoms with Crippen LogP contribution < -0.4 is 11.1 Å².